The lowest BCUT2D eigenvalue weighted by molar-refractivity contribution is -0.274. The van der Waals surface area contributed by atoms with Crippen molar-refractivity contribution in [1.29, 1.82) is 0 Å². The summed E-state index contributed by atoms with van der Waals surface area (Å²) in [6.07, 6.45) is -6.31. The predicted molar refractivity (Wildman–Crippen MR) is 132 cm³/mol. The molecule has 0 bridgehead atoms. The van der Waals surface area contributed by atoms with E-state index in [1.165, 1.54) is 31.2 Å². The third-order valence-electron chi connectivity index (χ3n) is 6.24. The van der Waals surface area contributed by atoms with Gasteiger partial charge in [-0.2, -0.15) is 4.31 Å². The zero-order valence-electron chi connectivity index (χ0n) is 21.5. The molecule has 0 aromatic heterocycles. The van der Waals surface area contributed by atoms with E-state index in [2.05, 4.69) is 10.1 Å². The molecule has 2 aromatic rings. The molecule has 10 nitrogen and oxygen atoms in total. The average Bonchev–Trinajstić information content (AvgIpc) is 2.90. The first-order valence-corrected chi connectivity index (χ1v) is 13.6. The van der Waals surface area contributed by atoms with Gasteiger partial charge in [0.2, 0.25) is 21.8 Å². The fourth-order valence-electron chi connectivity index (χ4n) is 4.06. The molecule has 1 fully saturated rings. The molecule has 0 aliphatic carbocycles. The number of carbonyl (C=O) groups is 3. The summed E-state index contributed by atoms with van der Waals surface area (Å²) >= 11 is 0. The molecule has 224 valence electrons. The SMILES string of the molecule is CCC(F)(F)c1ccc(CNC(=O)[C@H]2CN(C(=O)CC(=O)O)CCN2S(=O)(=O)c2ccc(OC(F)(F)F)cc2)cc1. The largest absolute Gasteiger partial charge is 0.573 e. The number of alkyl halides is 5. The van der Waals surface area contributed by atoms with Crippen molar-refractivity contribution in [2.45, 2.75) is 49.5 Å². The standard InChI is InChI=1S/C25H26F5N3O7S/c1-2-24(26,27)17-5-3-16(4-6-17)14-31-23(37)20-15-32(21(34)13-22(35)36)11-12-33(20)41(38,39)19-9-7-18(8-10-19)40-25(28,29)30/h3-10,20H,2,11-15H2,1H3,(H,31,37)(H,35,36)/t20-/m1/s1. The summed E-state index contributed by atoms with van der Waals surface area (Å²) in [4.78, 5) is 37.1. The number of rotatable bonds is 10. The normalized spacial score (nSPS) is 16.7. The number of carboxylic acid groups (broad SMARTS) is 1. The van der Waals surface area contributed by atoms with Crippen LogP contribution in [0, 0.1) is 0 Å². The van der Waals surface area contributed by atoms with Crippen LogP contribution in [0.5, 0.6) is 5.75 Å². The minimum absolute atomic E-state index is 0.187. The second kappa shape index (κ2) is 12.4. The van der Waals surface area contributed by atoms with Crippen LogP contribution in [0.3, 0.4) is 0 Å². The van der Waals surface area contributed by atoms with Gasteiger partial charge in [-0.3, -0.25) is 14.4 Å². The van der Waals surface area contributed by atoms with Gasteiger partial charge in [0.15, 0.2) is 0 Å². The summed E-state index contributed by atoms with van der Waals surface area (Å²) in [5.41, 5.74) is 0.192. The van der Waals surface area contributed by atoms with Gasteiger partial charge in [-0.15, -0.1) is 13.2 Å². The monoisotopic (exact) mass is 607 g/mol. The van der Waals surface area contributed by atoms with Gasteiger partial charge in [-0.1, -0.05) is 31.2 Å². The van der Waals surface area contributed by atoms with Crippen LogP contribution < -0.4 is 10.1 Å². The van der Waals surface area contributed by atoms with Gasteiger partial charge in [0.1, 0.15) is 18.2 Å². The van der Waals surface area contributed by atoms with Gasteiger partial charge in [0.05, 0.1) is 4.90 Å². The van der Waals surface area contributed by atoms with E-state index >= 15 is 0 Å². The zero-order chi connectivity index (χ0) is 30.6. The van der Waals surface area contributed by atoms with E-state index in [0.29, 0.717) is 5.56 Å². The van der Waals surface area contributed by atoms with Crippen molar-refractivity contribution in [3.63, 3.8) is 0 Å². The van der Waals surface area contributed by atoms with Crippen molar-refractivity contribution in [3.05, 3.63) is 59.7 Å². The highest BCUT2D eigenvalue weighted by molar-refractivity contribution is 7.89. The molecule has 3 rings (SSSR count). The Morgan fingerprint density at radius 1 is 1.00 bits per heavy atom. The highest BCUT2D eigenvalue weighted by Gasteiger charge is 2.41. The van der Waals surface area contributed by atoms with Crippen molar-refractivity contribution in [3.8, 4) is 5.75 Å². The second-order valence-corrected chi connectivity index (χ2v) is 10.9. The molecule has 41 heavy (non-hydrogen) atoms. The Kier molecular flexibility index (Phi) is 9.58. The van der Waals surface area contributed by atoms with Gasteiger partial charge in [-0.05, 0) is 29.8 Å². The minimum Gasteiger partial charge on any atom is -0.481 e. The fourth-order valence-corrected chi connectivity index (χ4v) is 5.63. The van der Waals surface area contributed by atoms with Gasteiger partial charge in [0.25, 0.3) is 5.92 Å². The number of nitrogens with one attached hydrogen (secondary N) is 1. The zero-order valence-corrected chi connectivity index (χ0v) is 22.3. The molecular weight excluding hydrogens is 581 g/mol. The summed E-state index contributed by atoms with van der Waals surface area (Å²) in [5.74, 6) is -6.86. The number of nitrogens with zero attached hydrogens (tertiary/aromatic N) is 2. The first kappa shape index (κ1) is 31.7. The number of piperazine rings is 1. The van der Waals surface area contributed by atoms with Crippen LogP contribution in [0.4, 0.5) is 22.0 Å². The van der Waals surface area contributed by atoms with Crippen molar-refractivity contribution in [2.24, 2.45) is 0 Å². The molecule has 1 aliphatic heterocycles. The Balaban J connectivity index is 1.83. The first-order chi connectivity index (χ1) is 19.0. The molecule has 1 aliphatic rings. The Labute approximate surface area is 231 Å². The molecular formula is C25H26F5N3O7S. The number of amides is 2. The first-order valence-electron chi connectivity index (χ1n) is 12.2. The molecule has 0 saturated carbocycles. The maximum atomic E-state index is 13.9. The second-order valence-electron chi connectivity index (χ2n) is 9.03. The van der Waals surface area contributed by atoms with Gasteiger partial charge >= 0.3 is 12.3 Å². The van der Waals surface area contributed by atoms with Crippen LogP contribution in [0.15, 0.2) is 53.4 Å². The summed E-state index contributed by atoms with van der Waals surface area (Å²) in [7, 11) is -4.50. The topological polar surface area (TPSA) is 133 Å². The lowest BCUT2D eigenvalue weighted by Crippen LogP contribution is -2.61. The molecule has 2 N–H and O–H groups in total. The molecule has 0 spiro atoms. The number of aliphatic carboxylic acids is 1. The third kappa shape index (κ3) is 8.13. The number of carbonyl (C=O) groups excluding carboxylic acids is 2. The number of benzene rings is 2. The van der Waals surface area contributed by atoms with Crippen molar-refractivity contribution >= 4 is 27.8 Å². The highest BCUT2D eigenvalue weighted by atomic mass is 32.2. The molecule has 0 unspecified atom stereocenters. The summed E-state index contributed by atoms with van der Waals surface area (Å²) in [5, 5.41) is 11.4. The van der Waals surface area contributed by atoms with Crippen LogP contribution in [0.2, 0.25) is 0 Å². The van der Waals surface area contributed by atoms with E-state index in [9.17, 15) is 44.8 Å². The molecule has 1 saturated heterocycles. The third-order valence-corrected chi connectivity index (χ3v) is 8.16. The van der Waals surface area contributed by atoms with E-state index in [4.69, 9.17) is 5.11 Å². The minimum atomic E-state index is -5.00. The van der Waals surface area contributed by atoms with E-state index in [0.717, 1.165) is 33.5 Å². The fraction of sp³-hybridized carbons (Fsp3) is 0.400. The molecule has 1 heterocycles. The number of hydrogen-bond donors (Lipinski definition) is 2. The van der Waals surface area contributed by atoms with Crippen LogP contribution >= 0.6 is 0 Å². The highest BCUT2D eigenvalue weighted by Crippen LogP contribution is 2.31. The molecule has 2 aromatic carbocycles. The Morgan fingerprint density at radius 2 is 1.61 bits per heavy atom. The van der Waals surface area contributed by atoms with Crippen LogP contribution in [-0.4, -0.2) is 72.6 Å². The van der Waals surface area contributed by atoms with Gasteiger partial charge in [0, 0.05) is 38.2 Å². The van der Waals surface area contributed by atoms with Crippen LogP contribution in [0.25, 0.3) is 0 Å². The summed E-state index contributed by atoms with van der Waals surface area (Å²) in [6.45, 7) is -0.0417. The Bertz CT molecular complexity index is 1370. The molecule has 2 amide bonds. The Morgan fingerprint density at radius 3 is 2.15 bits per heavy atom. The van der Waals surface area contributed by atoms with Crippen LogP contribution in [0.1, 0.15) is 30.9 Å². The summed E-state index contributed by atoms with van der Waals surface area (Å²) < 4.78 is 96.5. The van der Waals surface area contributed by atoms with E-state index < -0.39 is 82.7 Å². The number of hydrogen-bond acceptors (Lipinski definition) is 6. The van der Waals surface area contributed by atoms with Crippen LogP contribution in [-0.2, 0) is 36.9 Å². The molecule has 0 radical (unpaired) electrons. The van der Waals surface area contributed by atoms with Crippen molar-refractivity contribution in [1.82, 2.24) is 14.5 Å². The van der Waals surface area contributed by atoms with Crippen molar-refractivity contribution in [2.75, 3.05) is 19.6 Å². The molecule has 1 atom stereocenters. The number of carboxylic acids is 1. The maximum absolute atomic E-state index is 13.9. The Hall–Kier alpha value is -3.79. The smallest absolute Gasteiger partial charge is 0.481 e. The maximum Gasteiger partial charge on any atom is 0.573 e. The summed E-state index contributed by atoms with van der Waals surface area (Å²) in [6, 6.07) is 6.87. The predicted octanol–water partition coefficient (Wildman–Crippen LogP) is 3.08. The number of ether oxygens (including phenoxy) is 1. The average molecular weight is 608 g/mol. The number of halogens is 5. The van der Waals surface area contributed by atoms with E-state index in [1.807, 2.05) is 0 Å². The van der Waals surface area contributed by atoms with E-state index in [1.54, 1.807) is 0 Å². The van der Waals surface area contributed by atoms with Gasteiger partial charge < -0.3 is 20.1 Å². The van der Waals surface area contributed by atoms with Crippen molar-refractivity contribution < 1.29 is 54.6 Å². The van der Waals surface area contributed by atoms with Gasteiger partial charge in [-0.25, -0.2) is 17.2 Å². The molecule has 16 heteroatoms. The number of sulfonamides is 1. The lowest BCUT2D eigenvalue weighted by atomic mass is 10.0. The quantitative estimate of drug-likeness (QED) is 0.313. The van der Waals surface area contributed by atoms with E-state index in [-0.39, 0.29) is 18.7 Å². The lowest BCUT2D eigenvalue weighted by Gasteiger charge is -2.39.